The molecule has 1 amide bonds. The number of nitrogens with one attached hydrogen (secondary N) is 1. The SMILES string of the molecule is [C-]#[N+]C[C@@H]1C[C@H]1C(=O)Nc1cc2cc(-c3cnc(-c4cnn(C)c4)cc3C)nc(N)c2cn1. The van der Waals surface area contributed by atoms with Crippen molar-refractivity contribution in [3.05, 3.63) is 60.0 Å². The Morgan fingerprint density at radius 2 is 2.09 bits per heavy atom. The van der Waals surface area contributed by atoms with Crippen molar-refractivity contribution >= 4 is 28.3 Å². The largest absolute Gasteiger partial charge is 0.383 e. The summed E-state index contributed by atoms with van der Waals surface area (Å²) in [5.41, 5.74) is 10.6. The Morgan fingerprint density at radius 3 is 2.82 bits per heavy atom. The van der Waals surface area contributed by atoms with E-state index in [2.05, 4.69) is 30.2 Å². The van der Waals surface area contributed by atoms with Gasteiger partial charge in [-0.2, -0.15) is 5.10 Å². The van der Waals surface area contributed by atoms with Gasteiger partial charge in [-0.3, -0.25) is 14.5 Å². The van der Waals surface area contributed by atoms with Crippen molar-refractivity contribution < 1.29 is 4.79 Å². The average Bonchev–Trinajstić information content (AvgIpc) is 3.43. The molecule has 9 heteroatoms. The standard InChI is InChI=1S/C24H22N8O/c1-13-4-20(16-9-29-32(3)12-16)27-10-18(13)21-6-14-7-22(28-11-19(14)23(25)30-21)31-24(33)17-5-15(17)8-26-2/h4,6-7,9-12,15,17H,5,8H2,1,3H3,(H2,25,30)(H,28,31,33)/t15-,17+/m0/s1. The fraction of sp³-hybridized carbons (Fsp3) is 0.250. The smallest absolute Gasteiger partial charge is 0.229 e. The van der Waals surface area contributed by atoms with Gasteiger partial charge in [-0.25, -0.2) is 16.5 Å². The van der Waals surface area contributed by atoms with Gasteiger partial charge in [0.25, 0.3) is 0 Å². The van der Waals surface area contributed by atoms with Crippen LogP contribution in [0.25, 0.3) is 38.1 Å². The molecule has 0 aromatic carbocycles. The van der Waals surface area contributed by atoms with Gasteiger partial charge in [0.1, 0.15) is 11.6 Å². The molecule has 4 aromatic rings. The predicted molar refractivity (Wildman–Crippen MR) is 126 cm³/mol. The summed E-state index contributed by atoms with van der Waals surface area (Å²) in [5, 5.41) is 8.61. The number of fused-ring (bicyclic) bond motifs is 1. The molecule has 33 heavy (non-hydrogen) atoms. The van der Waals surface area contributed by atoms with Gasteiger partial charge in [0.05, 0.1) is 17.6 Å². The number of hydrogen-bond acceptors (Lipinski definition) is 6. The molecule has 1 aliphatic rings. The normalized spacial score (nSPS) is 17.0. The van der Waals surface area contributed by atoms with Gasteiger partial charge in [0.2, 0.25) is 12.5 Å². The number of nitrogens with two attached hydrogens (primary N) is 1. The summed E-state index contributed by atoms with van der Waals surface area (Å²) in [4.78, 5) is 29.3. The van der Waals surface area contributed by atoms with Crippen LogP contribution in [0.3, 0.4) is 0 Å². The number of nitrogen functional groups attached to an aromatic ring is 1. The lowest BCUT2D eigenvalue weighted by Gasteiger charge is -2.11. The van der Waals surface area contributed by atoms with Gasteiger partial charge in [0.15, 0.2) is 0 Å². The van der Waals surface area contributed by atoms with E-state index in [1.54, 1.807) is 29.3 Å². The first kappa shape index (κ1) is 20.6. The molecule has 0 bridgehead atoms. The third kappa shape index (κ3) is 3.99. The maximum Gasteiger partial charge on any atom is 0.229 e. The van der Waals surface area contributed by atoms with E-state index in [-0.39, 0.29) is 17.7 Å². The topological polar surface area (TPSA) is 116 Å². The molecule has 4 heterocycles. The molecule has 9 nitrogen and oxygen atoms in total. The van der Waals surface area contributed by atoms with E-state index in [0.29, 0.717) is 29.3 Å². The monoisotopic (exact) mass is 438 g/mol. The van der Waals surface area contributed by atoms with Crippen molar-refractivity contribution in [3.8, 4) is 22.5 Å². The van der Waals surface area contributed by atoms with Crippen LogP contribution in [0.4, 0.5) is 11.6 Å². The summed E-state index contributed by atoms with van der Waals surface area (Å²) in [7, 11) is 1.87. The molecule has 0 radical (unpaired) electrons. The van der Waals surface area contributed by atoms with Crippen LogP contribution in [0, 0.1) is 25.3 Å². The quantitative estimate of drug-likeness (QED) is 0.461. The molecule has 5 rings (SSSR count). The maximum atomic E-state index is 12.4. The Labute approximate surface area is 190 Å². The van der Waals surface area contributed by atoms with Gasteiger partial charge in [-0.05, 0) is 42.5 Å². The number of aryl methyl sites for hydroxylation is 2. The lowest BCUT2D eigenvalue weighted by molar-refractivity contribution is -0.117. The highest BCUT2D eigenvalue weighted by Crippen LogP contribution is 2.39. The summed E-state index contributed by atoms with van der Waals surface area (Å²) in [5.74, 6) is 0.771. The van der Waals surface area contributed by atoms with Gasteiger partial charge in [0, 0.05) is 54.0 Å². The minimum Gasteiger partial charge on any atom is -0.383 e. The van der Waals surface area contributed by atoms with Crippen LogP contribution in [0.15, 0.2) is 43.0 Å². The number of hydrogen-bond donors (Lipinski definition) is 2. The van der Waals surface area contributed by atoms with Crippen LogP contribution >= 0.6 is 0 Å². The molecule has 0 spiro atoms. The van der Waals surface area contributed by atoms with E-state index in [4.69, 9.17) is 12.3 Å². The van der Waals surface area contributed by atoms with E-state index >= 15 is 0 Å². The summed E-state index contributed by atoms with van der Waals surface area (Å²) in [6, 6.07) is 5.73. The van der Waals surface area contributed by atoms with Crippen molar-refractivity contribution in [3.63, 3.8) is 0 Å². The molecule has 1 saturated carbocycles. The molecule has 0 unspecified atom stereocenters. The number of nitrogens with zero attached hydrogens (tertiary/aromatic N) is 6. The second-order valence-corrected chi connectivity index (χ2v) is 8.40. The van der Waals surface area contributed by atoms with Crippen molar-refractivity contribution in [2.75, 3.05) is 17.6 Å². The molecular weight excluding hydrogens is 416 g/mol. The fourth-order valence-electron chi connectivity index (χ4n) is 4.02. The number of pyridine rings is 3. The fourth-order valence-corrected chi connectivity index (χ4v) is 4.02. The first-order valence-electron chi connectivity index (χ1n) is 10.6. The highest BCUT2D eigenvalue weighted by molar-refractivity contribution is 5.98. The second-order valence-electron chi connectivity index (χ2n) is 8.40. The molecule has 1 fully saturated rings. The zero-order valence-electron chi connectivity index (χ0n) is 18.3. The summed E-state index contributed by atoms with van der Waals surface area (Å²) in [6.45, 7) is 9.35. The number of amides is 1. The van der Waals surface area contributed by atoms with Crippen molar-refractivity contribution in [1.82, 2.24) is 24.7 Å². The van der Waals surface area contributed by atoms with Crippen molar-refractivity contribution in [1.29, 1.82) is 0 Å². The van der Waals surface area contributed by atoms with E-state index in [9.17, 15) is 4.79 Å². The van der Waals surface area contributed by atoms with E-state index in [1.807, 2.05) is 32.3 Å². The highest BCUT2D eigenvalue weighted by atomic mass is 16.2. The Kier molecular flexibility index (Phi) is 4.98. The number of aromatic nitrogens is 5. The zero-order valence-corrected chi connectivity index (χ0v) is 18.3. The molecule has 1 aliphatic carbocycles. The first-order valence-corrected chi connectivity index (χ1v) is 10.6. The third-order valence-electron chi connectivity index (χ3n) is 5.97. The Bertz CT molecular complexity index is 1430. The van der Waals surface area contributed by atoms with Crippen LogP contribution in [0.2, 0.25) is 0 Å². The van der Waals surface area contributed by atoms with E-state index in [1.165, 1.54) is 0 Å². The van der Waals surface area contributed by atoms with Gasteiger partial charge >= 0.3 is 0 Å². The Hall–Kier alpha value is -4.32. The van der Waals surface area contributed by atoms with Gasteiger partial charge in [-0.1, -0.05) is 0 Å². The van der Waals surface area contributed by atoms with Crippen LogP contribution in [0.5, 0.6) is 0 Å². The Morgan fingerprint density at radius 1 is 1.24 bits per heavy atom. The number of carbonyl (C=O) groups excluding carboxylic acids is 1. The molecule has 4 aromatic heterocycles. The van der Waals surface area contributed by atoms with Crippen molar-refractivity contribution in [2.24, 2.45) is 18.9 Å². The zero-order chi connectivity index (χ0) is 23.1. The molecule has 164 valence electrons. The molecular formula is C24H22N8O. The van der Waals surface area contributed by atoms with Crippen LogP contribution in [-0.2, 0) is 11.8 Å². The third-order valence-corrected chi connectivity index (χ3v) is 5.97. The molecule has 0 aliphatic heterocycles. The predicted octanol–water partition coefficient (Wildman–Crippen LogP) is 3.48. The molecule has 3 N–H and O–H groups in total. The average molecular weight is 438 g/mol. The van der Waals surface area contributed by atoms with Gasteiger partial charge in [-0.15, -0.1) is 0 Å². The number of rotatable bonds is 5. The first-order chi connectivity index (χ1) is 15.9. The lowest BCUT2D eigenvalue weighted by Crippen LogP contribution is -2.16. The highest BCUT2D eigenvalue weighted by Gasteiger charge is 2.45. The maximum absolute atomic E-state index is 12.4. The van der Waals surface area contributed by atoms with E-state index in [0.717, 1.165) is 34.2 Å². The van der Waals surface area contributed by atoms with Crippen molar-refractivity contribution in [2.45, 2.75) is 13.3 Å². The van der Waals surface area contributed by atoms with Crippen LogP contribution in [-0.4, -0.2) is 37.2 Å². The minimum atomic E-state index is -0.110. The lowest BCUT2D eigenvalue weighted by atomic mass is 10.0. The number of carbonyl (C=O) groups is 1. The molecule has 0 saturated heterocycles. The second kappa shape index (κ2) is 7.98. The Balaban J connectivity index is 1.44. The van der Waals surface area contributed by atoms with Crippen LogP contribution < -0.4 is 11.1 Å². The summed E-state index contributed by atoms with van der Waals surface area (Å²) < 4.78 is 1.74. The summed E-state index contributed by atoms with van der Waals surface area (Å²) in [6.07, 6.45) is 7.87. The van der Waals surface area contributed by atoms with Crippen LogP contribution in [0.1, 0.15) is 12.0 Å². The van der Waals surface area contributed by atoms with E-state index < -0.39 is 0 Å². The molecule has 2 atom stereocenters. The minimum absolute atomic E-state index is 0.0937. The number of anilines is 2. The van der Waals surface area contributed by atoms with Gasteiger partial charge < -0.3 is 15.9 Å². The summed E-state index contributed by atoms with van der Waals surface area (Å²) >= 11 is 0.